The van der Waals surface area contributed by atoms with Gasteiger partial charge in [0.15, 0.2) is 0 Å². The van der Waals surface area contributed by atoms with Crippen LogP contribution >= 0.6 is 0 Å². The minimum absolute atomic E-state index is 0.283. The maximum Gasteiger partial charge on any atom is 0.0541 e. The number of hydrogen-bond donors (Lipinski definition) is 0. The second-order valence-corrected chi connectivity index (χ2v) is 16.2. The largest absolute Gasteiger partial charge is 0.309 e. The molecule has 8 aromatic rings. The van der Waals surface area contributed by atoms with E-state index in [-0.39, 0.29) is 5.41 Å². The van der Waals surface area contributed by atoms with Crippen molar-refractivity contribution in [2.45, 2.75) is 60.8 Å². The highest BCUT2D eigenvalue weighted by Gasteiger charge is 2.31. The van der Waals surface area contributed by atoms with Crippen molar-refractivity contribution in [1.82, 2.24) is 9.13 Å². The van der Waals surface area contributed by atoms with E-state index in [0.717, 1.165) is 6.42 Å². The molecule has 1 unspecified atom stereocenters. The molecule has 0 saturated carbocycles. The van der Waals surface area contributed by atoms with Gasteiger partial charge >= 0.3 is 0 Å². The molecule has 2 nitrogen and oxygen atoms in total. The summed E-state index contributed by atoms with van der Waals surface area (Å²) in [6.07, 6.45) is 3.49. The molecule has 2 aromatic heterocycles. The van der Waals surface area contributed by atoms with Crippen LogP contribution in [0.1, 0.15) is 59.9 Å². The summed E-state index contributed by atoms with van der Waals surface area (Å²) in [4.78, 5) is 0. The average Bonchev–Trinajstić information content (AvgIpc) is 3.64. The first-order valence-corrected chi connectivity index (χ1v) is 18.3. The van der Waals surface area contributed by atoms with E-state index in [2.05, 4.69) is 190 Å². The normalized spacial score (nSPS) is 13.2. The Hall–Kier alpha value is -5.08. The van der Waals surface area contributed by atoms with Gasteiger partial charge in [-0.1, -0.05) is 133 Å². The molecule has 50 heavy (non-hydrogen) atoms. The number of fused-ring (bicyclic) bond motifs is 6. The zero-order chi connectivity index (χ0) is 34.6. The van der Waals surface area contributed by atoms with Crippen molar-refractivity contribution in [3.8, 4) is 22.5 Å². The quantitative estimate of drug-likeness (QED) is 0.155. The summed E-state index contributed by atoms with van der Waals surface area (Å²) < 4.78 is 4.87. The van der Waals surface area contributed by atoms with Crippen LogP contribution in [0.3, 0.4) is 0 Å². The first-order valence-electron chi connectivity index (χ1n) is 18.3. The zero-order valence-electron chi connectivity index (χ0n) is 30.4. The smallest absolute Gasteiger partial charge is 0.0541 e. The van der Waals surface area contributed by atoms with Gasteiger partial charge in [-0.3, -0.25) is 0 Å². The molecule has 2 heterocycles. The maximum atomic E-state index is 2.47. The molecule has 0 aliphatic heterocycles. The molecule has 0 bridgehead atoms. The topological polar surface area (TPSA) is 9.86 Å². The van der Waals surface area contributed by atoms with Crippen LogP contribution < -0.4 is 0 Å². The predicted molar refractivity (Wildman–Crippen MR) is 216 cm³/mol. The van der Waals surface area contributed by atoms with E-state index in [1.165, 1.54) is 84.5 Å². The zero-order valence-corrected chi connectivity index (χ0v) is 30.4. The van der Waals surface area contributed by atoms with Crippen molar-refractivity contribution in [3.63, 3.8) is 0 Å². The van der Waals surface area contributed by atoms with Crippen molar-refractivity contribution in [1.29, 1.82) is 0 Å². The molecule has 250 valence electrons. The van der Waals surface area contributed by atoms with E-state index in [9.17, 15) is 0 Å². The van der Waals surface area contributed by atoms with Crippen molar-refractivity contribution >= 4 is 43.6 Å². The van der Waals surface area contributed by atoms with Crippen molar-refractivity contribution < 1.29 is 0 Å². The molecular formula is C48H48N2. The minimum atomic E-state index is 0.283. The van der Waals surface area contributed by atoms with Crippen LogP contribution in [0.4, 0.5) is 0 Å². The standard InChI is InChI=1S/C48H48N2/c1-7-48(5,6)36(32-47(2,3)4)28-33-16-14-18-37(29-33)49-45-25-13-10-22-41(45)42-31-35(26-27-46(42)49)34-17-15-19-38(30-34)50-43-23-11-8-20-39(43)40-21-9-12-24-44(40)50/h8-27,29-31,36H,7,28,32H2,1-6H3. The fraction of sp³-hybridized carbons (Fsp3) is 0.250. The summed E-state index contributed by atoms with van der Waals surface area (Å²) in [6.45, 7) is 14.4. The first kappa shape index (κ1) is 32.1. The van der Waals surface area contributed by atoms with E-state index >= 15 is 0 Å². The maximum absolute atomic E-state index is 2.47. The van der Waals surface area contributed by atoms with Crippen LogP contribution in [0.2, 0.25) is 0 Å². The Morgan fingerprint density at radius 2 is 0.980 bits per heavy atom. The molecule has 0 spiro atoms. The van der Waals surface area contributed by atoms with E-state index in [4.69, 9.17) is 0 Å². The van der Waals surface area contributed by atoms with Crippen LogP contribution in [0.5, 0.6) is 0 Å². The Morgan fingerprint density at radius 3 is 1.56 bits per heavy atom. The number of aromatic nitrogens is 2. The van der Waals surface area contributed by atoms with E-state index < -0.39 is 0 Å². The number of hydrogen-bond acceptors (Lipinski definition) is 0. The lowest BCUT2D eigenvalue weighted by Gasteiger charge is -2.38. The number of nitrogens with zero attached hydrogens (tertiary/aromatic N) is 2. The molecule has 0 N–H and O–H groups in total. The van der Waals surface area contributed by atoms with Crippen LogP contribution in [0.25, 0.3) is 66.1 Å². The van der Waals surface area contributed by atoms with Gasteiger partial charge < -0.3 is 9.13 Å². The highest BCUT2D eigenvalue weighted by molar-refractivity contribution is 6.11. The van der Waals surface area contributed by atoms with Gasteiger partial charge in [0.25, 0.3) is 0 Å². The fourth-order valence-corrected chi connectivity index (χ4v) is 8.22. The monoisotopic (exact) mass is 652 g/mol. The molecule has 0 fully saturated rings. The van der Waals surface area contributed by atoms with E-state index in [1.807, 2.05) is 0 Å². The minimum Gasteiger partial charge on any atom is -0.309 e. The number of benzene rings is 6. The predicted octanol–water partition coefficient (Wildman–Crippen LogP) is 13.6. The molecule has 1 atom stereocenters. The van der Waals surface area contributed by atoms with Crippen LogP contribution in [0.15, 0.2) is 140 Å². The lowest BCUT2D eigenvalue weighted by Crippen LogP contribution is -2.29. The van der Waals surface area contributed by atoms with Crippen LogP contribution in [-0.4, -0.2) is 9.13 Å². The molecule has 6 aromatic carbocycles. The summed E-state index contributed by atoms with van der Waals surface area (Å²) in [5, 5.41) is 5.13. The Morgan fingerprint density at radius 1 is 0.480 bits per heavy atom. The third-order valence-electron chi connectivity index (χ3n) is 11.2. The molecule has 0 amide bonds. The molecular weight excluding hydrogens is 605 g/mol. The summed E-state index contributed by atoms with van der Waals surface area (Å²) in [7, 11) is 0. The van der Waals surface area contributed by atoms with Crippen molar-refractivity contribution in [2.24, 2.45) is 16.7 Å². The third kappa shape index (κ3) is 5.71. The molecule has 2 heteroatoms. The van der Waals surface area contributed by atoms with Crippen LogP contribution in [0, 0.1) is 16.7 Å². The van der Waals surface area contributed by atoms with E-state index in [1.54, 1.807) is 0 Å². The van der Waals surface area contributed by atoms with Gasteiger partial charge in [0.05, 0.1) is 22.1 Å². The van der Waals surface area contributed by atoms with Gasteiger partial charge in [-0.2, -0.15) is 0 Å². The lowest BCUT2D eigenvalue weighted by molar-refractivity contribution is 0.141. The van der Waals surface area contributed by atoms with Crippen molar-refractivity contribution in [3.05, 3.63) is 145 Å². The Labute approximate surface area is 297 Å². The summed E-state index contributed by atoms with van der Waals surface area (Å²) in [6, 6.07) is 51.7. The SMILES string of the molecule is CCC(C)(C)C(Cc1cccc(-n2c3ccccc3c3cc(-c4cccc(-n5c6ccccc6c6ccccc65)c4)ccc32)c1)CC(C)(C)C. The Bertz CT molecular complexity index is 2440. The highest BCUT2D eigenvalue weighted by Crippen LogP contribution is 2.42. The Balaban J connectivity index is 1.22. The first-order chi connectivity index (χ1) is 24.1. The number of rotatable bonds is 8. The van der Waals surface area contributed by atoms with Crippen LogP contribution in [-0.2, 0) is 6.42 Å². The molecule has 0 aliphatic rings. The fourth-order valence-electron chi connectivity index (χ4n) is 8.22. The summed E-state index contributed by atoms with van der Waals surface area (Å²) >= 11 is 0. The van der Waals surface area contributed by atoms with Gasteiger partial charge in [-0.25, -0.2) is 0 Å². The molecule has 0 aliphatic carbocycles. The molecule has 8 rings (SSSR count). The van der Waals surface area contributed by atoms with Gasteiger partial charge in [0, 0.05) is 32.9 Å². The van der Waals surface area contributed by atoms with Gasteiger partial charge in [-0.15, -0.1) is 0 Å². The van der Waals surface area contributed by atoms with Crippen molar-refractivity contribution in [2.75, 3.05) is 0 Å². The third-order valence-corrected chi connectivity index (χ3v) is 11.2. The van der Waals surface area contributed by atoms with Gasteiger partial charge in [-0.05, 0) is 101 Å². The Kier molecular flexibility index (Phi) is 7.94. The average molecular weight is 653 g/mol. The van der Waals surface area contributed by atoms with E-state index in [0.29, 0.717) is 11.3 Å². The second kappa shape index (κ2) is 12.4. The van der Waals surface area contributed by atoms with Gasteiger partial charge in [0.1, 0.15) is 0 Å². The summed E-state index contributed by atoms with van der Waals surface area (Å²) in [5.74, 6) is 0.613. The van der Waals surface area contributed by atoms with Gasteiger partial charge in [0.2, 0.25) is 0 Å². The molecule has 0 radical (unpaired) electrons. The second-order valence-electron chi connectivity index (χ2n) is 16.2. The lowest BCUT2D eigenvalue weighted by atomic mass is 9.67. The summed E-state index contributed by atoms with van der Waals surface area (Å²) in [5.41, 5.74) is 11.8. The number of para-hydroxylation sites is 3. The highest BCUT2D eigenvalue weighted by atomic mass is 15.0. The molecule has 0 saturated heterocycles.